The number of carboxylic acid groups (broad SMARTS) is 1. The molecule has 0 unspecified atom stereocenters. The minimum absolute atomic E-state index is 0.209. The molecule has 1 heterocycles. The lowest BCUT2D eigenvalue weighted by molar-refractivity contribution is -0.139. The Balaban J connectivity index is 1.81. The van der Waals surface area contributed by atoms with Gasteiger partial charge in [0.1, 0.15) is 5.75 Å². The third-order valence-corrected chi connectivity index (χ3v) is 4.76. The number of ether oxygens (including phenoxy) is 1. The Kier molecular flexibility index (Phi) is 5.61. The van der Waals surface area contributed by atoms with Crippen LogP contribution in [0.15, 0.2) is 53.4 Å². The highest BCUT2D eigenvalue weighted by Crippen LogP contribution is 2.34. The normalized spacial score (nSPS) is 15.4. The number of amides is 2. The van der Waals surface area contributed by atoms with E-state index in [-0.39, 0.29) is 22.6 Å². The van der Waals surface area contributed by atoms with Gasteiger partial charge in [0.05, 0.1) is 11.4 Å². The lowest BCUT2D eigenvalue weighted by atomic mass is 10.1. The summed E-state index contributed by atoms with van der Waals surface area (Å²) >= 11 is 0.860. The predicted molar refractivity (Wildman–Crippen MR) is 102 cm³/mol. The van der Waals surface area contributed by atoms with E-state index in [9.17, 15) is 14.4 Å². The monoisotopic (exact) mass is 383 g/mol. The van der Waals surface area contributed by atoms with Gasteiger partial charge in [0, 0.05) is 5.56 Å². The number of nitrogens with zero attached hydrogens (tertiary/aromatic N) is 1. The van der Waals surface area contributed by atoms with Gasteiger partial charge >= 0.3 is 5.97 Å². The van der Waals surface area contributed by atoms with Crippen LogP contribution in [0.3, 0.4) is 0 Å². The van der Waals surface area contributed by atoms with Crippen LogP contribution in [0.2, 0.25) is 0 Å². The van der Waals surface area contributed by atoms with Crippen LogP contribution in [0.1, 0.15) is 16.7 Å². The molecule has 3 rings (SSSR count). The number of hydrogen-bond acceptors (Lipinski definition) is 5. The third-order valence-electron chi connectivity index (χ3n) is 3.85. The van der Waals surface area contributed by atoms with E-state index in [0.29, 0.717) is 11.3 Å². The van der Waals surface area contributed by atoms with Gasteiger partial charge in [0.2, 0.25) is 0 Å². The Morgan fingerprint density at radius 3 is 2.70 bits per heavy atom. The smallest absolute Gasteiger partial charge is 0.341 e. The van der Waals surface area contributed by atoms with Crippen molar-refractivity contribution in [3.05, 3.63) is 70.1 Å². The van der Waals surface area contributed by atoms with E-state index in [1.165, 1.54) is 4.90 Å². The first-order chi connectivity index (χ1) is 12.9. The molecule has 0 radical (unpaired) electrons. The number of thioether (sulfide) groups is 1. The Bertz CT molecular complexity index is 937. The average molecular weight is 383 g/mol. The minimum Gasteiger partial charge on any atom is -0.481 e. The van der Waals surface area contributed by atoms with Crippen LogP contribution in [0.25, 0.3) is 6.08 Å². The standard InChI is InChI=1S/C20H17NO5S/c1-13-5-4-6-14(9-13)11-21-19(24)17(27-20(21)25)10-15-7-2-3-8-16(15)26-12-18(22)23/h2-10H,11-12H2,1H3,(H,22,23)/b17-10+. The zero-order valence-corrected chi connectivity index (χ0v) is 15.4. The number of aliphatic carboxylic acids is 1. The summed E-state index contributed by atoms with van der Waals surface area (Å²) in [5.74, 6) is -1.13. The molecule has 0 atom stereocenters. The number of carboxylic acids is 1. The topological polar surface area (TPSA) is 83.9 Å². The third kappa shape index (κ3) is 4.57. The molecular formula is C20H17NO5S. The van der Waals surface area contributed by atoms with Crippen molar-refractivity contribution in [3.63, 3.8) is 0 Å². The molecule has 7 heteroatoms. The predicted octanol–water partition coefficient (Wildman–Crippen LogP) is 3.69. The highest BCUT2D eigenvalue weighted by molar-refractivity contribution is 8.18. The van der Waals surface area contributed by atoms with Crippen molar-refractivity contribution in [3.8, 4) is 5.75 Å². The van der Waals surface area contributed by atoms with Crippen LogP contribution < -0.4 is 4.74 Å². The van der Waals surface area contributed by atoms with Crippen LogP contribution in [-0.4, -0.2) is 33.7 Å². The van der Waals surface area contributed by atoms with Gasteiger partial charge in [-0.25, -0.2) is 4.79 Å². The Morgan fingerprint density at radius 1 is 1.19 bits per heavy atom. The maximum Gasteiger partial charge on any atom is 0.341 e. The van der Waals surface area contributed by atoms with Crippen LogP contribution in [-0.2, 0) is 16.1 Å². The molecule has 0 spiro atoms. The molecule has 0 saturated carbocycles. The van der Waals surface area contributed by atoms with Crippen molar-refractivity contribution in [2.45, 2.75) is 13.5 Å². The first-order valence-electron chi connectivity index (χ1n) is 8.18. The van der Waals surface area contributed by atoms with Gasteiger partial charge in [0.15, 0.2) is 6.61 Å². The molecule has 0 bridgehead atoms. The Morgan fingerprint density at radius 2 is 1.96 bits per heavy atom. The number of aryl methyl sites for hydroxylation is 1. The molecule has 27 heavy (non-hydrogen) atoms. The molecule has 1 N–H and O–H groups in total. The van der Waals surface area contributed by atoms with Gasteiger partial charge < -0.3 is 9.84 Å². The van der Waals surface area contributed by atoms with Gasteiger partial charge in [-0.3, -0.25) is 14.5 Å². The molecule has 138 valence electrons. The number of carbonyl (C=O) groups excluding carboxylic acids is 2. The maximum absolute atomic E-state index is 12.7. The molecule has 1 aliphatic rings. The van der Waals surface area contributed by atoms with E-state index >= 15 is 0 Å². The number of imide groups is 1. The molecule has 2 aromatic carbocycles. The largest absolute Gasteiger partial charge is 0.481 e. The van der Waals surface area contributed by atoms with Crippen molar-refractivity contribution in [1.82, 2.24) is 4.90 Å². The molecule has 0 aliphatic carbocycles. The minimum atomic E-state index is -1.09. The highest BCUT2D eigenvalue weighted by Gasteiger charge is 2.35. The first-order valence-corrected chi connectivity index (χ1v) is 9.00. The van der Waals surface area contributed by atoms with E-state index in [1.807, 2.05) is 31.2 Å². The van der Waals surface area contributed by atoms with Crippen LogP contribution in [0.4, 0.5) is 4.79 Å². The summed E-state index contributed by atoms with van der Waals surface area (Å²) in [6, 6.07) is 14.4. The van der Waals surface area contributed by atoms with E-state index < -0.39 is 12.6 Å². The van der Waals surface area contributed by atoms with Gasteiger partial charge in [0.25, 0.3) is 11.1 Å². The van der Waals surface area contributed by atoms with Crippen LogP contribution in [0, 0.1) is 6.92 Å². The summed E-state index contributed by atoms with van der Waals surface area (Å²) < 4.78 is 5.24. The summed E-state index contributed by atoms with van der Waals surface area (Å²) in [7, 11) is 0. The van der Waals surface area contributed by atoms with E-state index in [4.69, 9.17) is 9.84 Å². The fraction of sp³-hybridized carbons (Fsp3) is 0.150. The molecule has 6 nitrogen and oxygen atoms in total. The van der Waals surface area contributed by atoms with Gasteiger partial charge in [-0.1, -0.05) is 48.0 Å². The Labute approximate surface area is 160 Å². The molecular weight excluding hydrogens is 366 g/mol. The zero-order chi connectivity index (χ0) is 19.4. The number of rotatable bonds is 6. The number of carbonyl (C=O) groups is 3. The molecule has 1 saturated heterocycles. The summed E-state index contributed by atoms with van der Waals surface area (Å²) in [6.45, 7) is 1.67. The second kappa shape index (κ2) is 8.09. The lowest BCUT2D eigenvalue weighted by Gasteiger charge is -2.12. The number of benzene rings is 2. The highest BCUT2D eigenvalue weighted by atomic mass is 32.2. The molecule has 1 fully saturated rings. The van der Waals surface area contributed by atoms with Crippen molar-refractivity contribution < 1.29 is 24.2 Å². The second-order valence-corrected chi connectivity index (χ2v) is 6.97. The van der Waals surface area contributed by atoms with Gasteiger partial charge in [-0.05, 0) is 36.4 Å². The average Bonchev–Trinajstić information content (AvgIpc) is 2.88. The number of hydrogen-bond donors (Lipinski definition) is 1. The molecule has 2 amide bonds. The summed E-state index contributed by atoms with van der Waals surface area (Å²) in [5.41, 5.74) is 2.48. The molecule has 0 aromatic heterocycles. The molecule has 1 aliphatic heterocycles. The summed E-state index contributed by atoms with van der Waals surface area (Å²) in [5, 5.41) is 8.43. The zero-order valence-electron chi connectivity index (χ0n) is 14.5. The second-order valence-electron chi connectivity index (χ2n) is 5.98. The quantitative estimate of drug-likeness (QED) is 0.766. The fourth-order valence-electron chi connectivity index (χ4n) is 2.64. The van der Waals surface area contributed by atoms with Gasteiger partial charge in [-0.15, -0.1) is 0 Å². The maximum atomic E-state index is 12.7. The van der Waals surface area contributed by atoms with Crippen LogP contribution in [0.5, 0.6) is 5.75 Å². The van der Waals surface area contributed by atoms with Crippen molar-refractivity contribution >= 4 is 35.0 Å². The van der Waals surface area contributed by atoms with E-state index in [2.05, 4.69) is 0 Å². The lowest BCUT2D eigenvalue weighted by Crippen LogP contribution is -2.27. The molecule has 2 aromatic rings. The number of para-hydroxylation sites is 1. The van der Waals surface area contributed by atoms with Crippen molar-refractivity contribution in [2.75, 3.05) is 6.61 Å². The van der Waals surface area contributed by atoms with E-state index in [0.717, 1.165) is 22.9 Å². The van der Waals surface area contributed by atoms with E-state index in [1.54, 1.807) is 30.3 Å². The fourth-order valence-corrected chi connectivity index (χ4v) is 3.47. The van der Waals surface area contributed by atoms with Crippen LogP contribution >= 0.6 is 11.8 Å². The summed E-state index contributed by atoms with van der Waals surface area (Å²) in [4.78, 5) is 37.2. The van der Waals surface area contributed by atoms with Crippen molar-refractivity contribution in [1.29, 1.82) is 0 Å². The summed E-state index contributed by atoms with van der Waals surface area (Å²) in [6.07, 6.45) is 1.55. The Hall–Kier alpha value is -3.06. The first kappa shape index (κ1) is 18.7. The van der Waals surface area contributed by atoms with Crippen molar-refractivity contribution in [2.24, 2.45) is 0 Å². The van der Waals surface area contributed by atoms with Gasteiger partial charge in [-0.2, -0.15) is 0 Å². The SMILES string of the molecule is Cc1cccc(CN2C(=O)S/C(=C/c3ccccc3OCC(=O)O)C2=O)c1.